The van der Waals surface area contributed by atoms with E-state index in [0.29, 0.717) is 17.9 Å². The van der Waals surface area contributed by atoms with Crippen molar-refractivity contribution in [1.82, 2.24) is 4.90 Å². The highest BCUT2D eigenvalue weighted by Gasteiger charge is 2.33. The summed E-state index contributed by atoms with van der Waals surface area (Å²) in [6.07, 6.45) is -3.79. The zero-order valence-corrected chi connectivity index (χ0v) is 11.9. The number of carbonyl (C=O) groups excluding carboxylic acids is 1. The standard InChI is InChI=1S/C14H18F4N2O/c1-3-8-19-12-10(6-5-7-11(12)15)13(21)20(4-2)9-14(16,17)18/h5-7,19H,3-4,8-9H2,1-2H3. The van der Waals surface area contributed by atoms with Gasteiger partial charge in [0.2, 0.25) is 0 Å². The molecule has 3 nitrogen and oxygen atoms in total. The fraction of sp³-hybridized carbons (Fsp3) is 0.500. The van der Waals surface area contributed by atoms with Crippen LogP contribution in [0.1, 0.15) is 30.6 Å². The average molecular weight is 306 g/mol. The fourth-order valence-electron chi connectivity index (χ4n) is 1.85. The first kappa shape index (κ1) is 17.3. The molecule has 0 aliphatic rings. The largest absolute Gasteiger partial charge is 0.406 e. The van der Waals surface area contributed by atoms with Crippen molar-refractivity contribution in [3.8, 4) is 0 Å². The van der Waals surface area contributed by atoms with Crippen molar-refractivity contribution >= 4 is 11.6 Å². The quantitative estimate of drug-likeness (QED) is 0.813. The van der Waals surface area contributed by atoms with Gasteiger partial charge in [0.1, 0.15) is 12.4 Å². The molecule has 0 unspecified atom stereocenters. The first-order chi connectivity index (χ1) is 9.80. The molecule has 0 aliphatic carbocycles. The Hall–Kier alpha value is -1.79. The second kappa shape index (κ2) is 7.28. The van der Waals surface area contributed by atoms with Crippen LogP contribution in [0.25, 0.3) is 0 Å². The predicted octanol–water partition coefficient (Wildman–Crippen LogP) is 3.67. The third kappa shape index (κ3) is 4.91. The van der Waals surface area contributed by atoms with Crippen LogP contribution in [-0.2, 0) is 0 Å². The molecule has 118 valence electrons. The number of halogens is 4. The van der Waals surface area contributed by atoms with E-state index in [2.05, 4.69) is 5.32 Å². The number of para-hydroxylation sites is 1. The molecule has 1 N–H and O–H groups in total. The molecular weight excluding hydrogens is 288 g/mol. The number of carbonyl (C=O) groups is 1. The smallest absolute Gasteiger partial charge is 0.382 e. The van der Waals surface area contributed by atoms with Crippen LogP contribution in [0.15, 0.2) is 18.2 Å². The lowest BCUT2D eigenvalue weighted by Crippen LogP contribution is -2.39. The number of hydrogen-bond donors (Lipinski definition) is 1. The molecule has 21 heavy (non-hydrogen) atoms. The maximum Gasteiger partial charge on any atom is 0.406 e. The second-order valence-electron chi connectivity index (χ2n) is 4.52. The Morgan fingerprint density at radius 3 is 2.48 bits per heavy atom. The van der Waals surface area contributed by atoms with Crippen LogP contribution in [0.3, 0.4) is 0 Å². The van der Waals surface area contributed by atoms with E-state index in [1.54, 1.807) is 0 Å². The molecule has 0 spiro atoms. The fourth-order valence-corrected chi connectivity index (χ4v) is 1.85. The lowest BCUT2D eigenvalue weighted by Gasteiger charge is -2.23. The van der Waals surface area contributed by atoms with Crippen LogP contribution < -0.4 is 5.32 Å². The molecule has 7 heteroatoms. The number of hydrogen-bond acceptors (Lipinski definition) is 2. The molecule has 0 fully saturated rings. The van der Waals surface area contributed by atoms with Gasteiger partial charge < -0.3 is 10.2 Å². The van der Waals surface area contributed by atoms with Gasteiger partial charge in [-0.3, -0.25) is 4.79 Å². The lowest BCUT2D eigenvalue weighted by molar-refractivity contribution is -0.140. The summed E-state index contributed by atoms with van der Waals surface area (Å²) in [5.74, 6) is -1.50. The van der Waals surface area contributed by atoms with Crippen LogP contribution in [0.4, 0.5) is 23.2 Å². The molecule has 1 aromatic rings. The van der Waals surface area contributed by atoms with Crippen LogP contribution in [0, 0.1) is 5.82 Å². The molecule has 0 bridgehead atoms. The van der Waals surface area contributed by atoms with Gasteiger partial charge in [0.05, 0.1) is 11.3 Å². The van der Waals surface area contributed by atoms with Gasteiger partial charge in [0.15, 0.2) is 0 Å². The van der Waals surface area contributed by atoms with Crippen LogP contribution in [0.5, 0.6) is 0 Å². The summed E-state index contributed by atoms with van der Waals surface area (Å²) in [6.45, 7) is 2.26. The number of alkyl halides is 3. The summed E-state index contributed by atoms with van der Waals surface area (Å²) in [4.78, 5) is 12.9. The highest BCUT2D eigenvalue weighted by Crippen LogP contribution is 2.24. The molecule has 1 aromatic carbocycles. The van der Waals surface area contributed by atoms with E-state index in [1.165, 1.54) is 19.1 Å². The first-order valence-electron chi connectivity index (χ1n) is 6.68. The Morgan fingerprint density at radius 1 is 1.29 bits per heavy atom. The minimum absolute atomic E-state index is 0.0509. The molecule has 0 heterocycles. The van der Waals surface area contributed by atoms with Crippen molar-refractivity contribution < 1.29 is 22.4 Å². The number of amides is 1. The molecular formula is C14H18F4N2O. The van der Waals surface area contributed by atoms with Crippen LogP contribution in [0.2, 0.25) is 0 Å². The van der Waals surface area contributed by atoms with Gasteiger partial charge in [0, 0.05) is 13.1 Å². The highest BCUT2D eigenvalue weighted by atomic mass is 19.4. The summed E-state index contributed by atoms with van der Waals surface area (Å²) < 4.78 is 51.2. The summed E-state index contributed by atoms with van der Waals surface area (Å²) in [6, 6.07) is 3.79. The van der Waals surface area contributed by atoms with Gasteiger partial charge in [-0.15, -0.1) is 0 Å². The molecule has 0 radical (unpaired) electrons. The molecule has 0 aliphatic heterocycles. The van der Waals surface area contributed by atoms with E-state index >= 15 is 0 Å². The number of benzene rings is 1. The van der Waals surface area contributed by atoms with Gasteiger partial charge in [-0.2, -0.15) is 13.2 Å². The maximum absolute atomic E-state index is 13.8. The minimum atomic E-state index is -4.49. The van der Waals surface area contributed by atoms with E-state index in [1.807, 2.05) is 6.92 Å². The lowest BCUT2D eigenvalue weighted by atomic mass is 10.1. The molecule has 0 saturated carbocycles. The number of nitrogens with zero attached hydrogens (tertiary/aromatic N) is 1. The Balaban J connectivity index is 3.07. The van der Waals surface area contributed by atoms with E-state index in [9.17, 15) is 22.4 Å². The SMILES string of the molecule is CCCNc1c(F)cccc1C(=O)N(CC)CC(F)(F)F. The Morgan fingerprint density at radius 2 is 1.95 bits per heavy atom. The summed E-state index contributed by atoms with van der Waals surface area (Å²) in [7, 11) is 0. The van der Waals surface area contributed by atoms with Crippen molar-refractivity contribution in [3.63, 3.8) is 0 Å². The monoisotopic (exact) mass is 306 g/mol. The minimum Gasteiger partial charge on any atom is -0.382 e. The number of nitrogens with one attached hydrogen (secondary N) is 1. The Bertz CT molecular complexity index is 488. The van der Waals surface area contributed by atoms with Gasteiger partial charge in [-0.05, 0) is 25.5 Å². The topological polar surface area (TPSA) is 32.3 Å². The van der Waals surface area contributed by atoms with Gasteiger partial charge in [-0.1, -0.05) is 13.0 Å². The zero-order valence-electron chi connectivity index (χ0n) is 11.9. The van der Waals surface area contributed by atoms with E-state index in [0.717, 1.165) is 6.07 Å². The summed E-state index contributed by atoms with van der Waals surface area (Å²) in [5.41, 5.74) is -0.139. The van der Waals surface area contributed by atoms with E-state index in [4.69, 9.17) is 0 Å². The van der Waals surface area contributed by atoms with Gasteiger partial charge in [0.25, 0.3) is 5.91 Å². The second-order valence-corrected chi connectivity index (χ2v) is 4.52. The summed E-state index contributed by atoms with van der Waals surface area (Å²) >= 11 is 0. The summed E-state index contributed by atoms with van der Waals surface area (Å²) in [5, 5.41) is 2.75. The molecule has 0 aromatic heterocycles. The Kier molecular flexibility index (Phi) is 5.99. The zero-order chi connectivity index (χ0) is 16.0. The molecule has 1 amide bonds. The van der Waals surface area contributed by atoms with Crippen molar-refractivity contribution in [2.45, 2.75) is 26.4 Å². The molecule has 0 saturated heterocycles. The highest BCUT2D eigenvalue weighted by molar-refractivity contribution is 5.99. The first-order valence-corrected chi connectivity index (χ1v) is 6.68. The molecule has 0 atom stereocenters. The van der Waals surface area contributed by atoms with Crippen molar-refractivity contribution in [3.05, 3.63) is 29.6 Å². The third-order valence-electron chi connectivity index (χ3n) is 2.83. The predicted molar refractivity (Wildman–Crippen MR) is 72.8 cm³/mol. The van der Waals surface area contributed by atoms with E-state index in [-0.39, 0.29) is 17.8 Å². The molecule has 1 rings (SSSR count). The van der Waals surface area contributed by atoms with Crippen molar-refractivity contribution in [2.24, 2.45) is 0 Å². The van der Waals surface area contributed by atoms with Gasteiger partial charge >= 0.3 is 6.18 Å². The number of anilines is 1. The van der Waals surface area contributed by atoms with Crippen molar-refractivity contribution in [2.75, 3.05) is 25.0 Å². The Labute approximate surface area is 120 Å². The number of rotatable bonds is 6. The van der Waals surface area contributed by atoms with Crippen LogP contribution in [-0.4, -0.2) is 36.6 Å². The van der Waals surface area contributed by atoms with E-state index < -0.39 is 24.4 Å². The van der Waals surface area contributed by atoms with Crippen molar-refractivity contribution in [1.29, 1.82) is 0 Å². The normalized spacial score (nSPS) is 11.3. The third-order valence-corrected chi connectivity index (χ3v) is 2.83. The van der Waals surface area contributed by atoms with Gasteiger partial charge in [-0.25, -0.2) is 4.39 Å². The maximum atomic E-state index is 13.8. The average Bonchev–Trinajstić information content (AvgIpc) is 2.41. The van der Waals surface area contributed by atoms with Crippen LogP contribution >= 0.6 is 0 Å².